The second-order valence-electron chi connectivity index (χ2n) is 5.84. The maximum atomic E-state index is 11.4. The molecular weight excluding hydrogens is 266 g/mol. The Morgan fingerprint density at radius 1 is 1.48 bits per heavy atom. The van der Waals surface area contributed by atoms with Crippen LogP contribution >= 0.6 is 0 Å². The lowest BCUT2D eigenvalue weighted by Gasteiger charge is -2.24. The second kappa shape index (κ2) is 7.41. The van der Waals surface area contributed by atoms with Gasteiger partial charge in [-0.2, -0.15) is 0 Å². The molecule has 0 bridgehead atoms. The van der Waals surface area contributed by atoms with Crippen molar-refractivity contribution in [3.05, 3.63) is 29.6 Å². The molecule has 2 heterocycles. The predicted molar refractivity (Wildman–Crippen MR) is 82.1 cm³/mol. The highest BCUT2D eigenvalue weighted by Crippen LogP contribution is 2.22. The van der Waals surface area contributed by atoms with E-state index in [1.807, 2.05) is 12.3 Å². The van der Waals surface area contributed by atoms with Gasteiger partial charge in [0.2, 0.25) is 0 Å². The van der Waals surface area contributed by atoms with E-state index in [0.29, 0.717) is 19.1 Å². The number of rotatable bonds is 7. The van der Waals surface area contributed by atoms with Crippen LogP contribution in [0.4, 0.5) is 4.79 Å². The van der Waals surface area contributed by atoms with Crippen molar-refractivity contribution in [2.45, 2.75) is 33.2 Å². The van der Waals surface area contributed by atoms with E-state index < -0.39 is 0 Å². The molecule has 5 nitrogen and oxygen atoms in total. The summed E-state index contributed by atoms with van der Waals surface area (Å²) in [4.78, 5) is 17.6. The molecule has 0 saturated carbocycles. The fraction of sp³-hybridized carbons (Fsp3) is 0.625. The van der Waals surface area contributed by atoms with Crippen LogP contribution in [-0.4, -0.2) is 42.2 Å². The highest BCUT2D eigenvalue weighted by Gasteiger charge is 2.22. The zero-order valence-electron chi connectivity index (χ0n) is 13.1. The van der Waals surface area contributed by atoms with Crippen LogP contribution in [0.2, 0.25) is 0 Å². The zero-order valence-corrected chi connectivity index (χ0v) is 13.1. The van der Waals surface area contributed by atoms with Crippen LogP contribution in [-0.2, 0) is 4.74 Å². The molecule has 0 radical (unpaired) electrons. The first kappa shape index (κ1) is 15.8. The van der Waals surface area contributed by atoms with Gasteiger partial charge in [-0.15, -0.1) is 0 Å². The summed E-state index contributed by atoms with van der Waals surface area (Å²) in [6.45, 7) is 9.34. The average Bonchev–Trinajstić information content (AvgIpc) is 2.85. The number of hydrogen-bond acceptors (Lipinski definition) is 4. The molecule has 5 heteroatoms. The number of amides is 1. The summed E-state index contributed by atoms with van der Waals surface area (Å²) in [6, 6.07) is 4.31. The zero-order chi connectivity index (χ0) is 15.2. The van der Waals surface area contributed by atoms with Gasteiger partial charge in [0.05, 0.1) is 18.3 Å². The minimum absolute atomic E-state index is 0.184. The minimum Gasteiger partial charge on any atom is -0.448 e. The van der Waals surface area contributed by atoms with Crippen molar-refractivity contribution in [3.63, 3.8) is 0 Å². The molecular formula is C16H25N3O2. The maximum absolute atomic E-state index is 11.4. The lowest BCUT2D eigenvalue weighted by atomic mass is 9.97. The number of pyridine rings is 1. The fourth-order valence-electron chi connectivity index (χ4n) is 2.63. The summed E-state index contributed by atoms with van der Waals surface area (Å²) in [6.07, 6.45) is 2.58. The lowest BCUT2D eigenvalue weighted by Crippen LogP contribution is -2.32. The number of aromatic nitrogens is 1. The second-order valence-corrected chi connectivity index (χ2v) is 5.84. The molecule has 1 fully saturated rings. The van der Waals surface area contributed by atoms with E-state index in [9.17, 15) is 4.79 Å². The van der Waals surface area contributed by atoms with Crippen LogP contribution in [0.5, 0.6) is 0 Å². The summed E-state index contributed by atoms with van der Waals surface area (Å²) in [5.41, 5.74) is 2.33. The highest BCUT2D eigenvalue weighted by atomic mass is 16.6. The molecule has 1 atom stereocenters. The Balaban J connectivity index is 1.84. The van der Waals surface area contributed by atoms with Gasteiger partial charge in [-0.3, -0.25) is 4.98 Å². The molecule has 1 saturated heterocycles. The molecule has 1 aliphatic rings. The van der Waals surface area contributed by atoms with Gasteiger partial charge in [0.1, 0.15) is 6.61 Å². The van der Waals surface area contributed by atoms with Gasteiger partial charge < -0.3 is 15.0 Å². The van der Waals surface area contributed by atoms with Crippen molar-refractivity contribution in [3.8, 4) is 0 Å². The first-order chi connectivity index (χ1) is 10.1. The molecule has 2 rings (SSSR count). The summed E-state index contributed by atoms with van der Waals surface area (Å²) in [5.74, 6) is 0.468. The number of hydrogen-bond donors (Lipinski definition) is 1. The smallest absolute Gasteiger partial charge is 0.409 e. The van der Waals surface area contributed by atoms with Crippen LogP contribution in [0.1, 0.15) is 37.6 Å². The average molecular weight is 291 g/mol. The highest BCUT2D eigenvalue weighted by molar-refractivity contribution is 5.69. The van der Waals surface area contributed by atoms with Gasteiger partial charge in [0, 0.05) is 12.7 Å². The number of nitrogens with zero attached hydrogens (tertiary/aromatic N) is 2. The van der Waals surface area contributed by atoms with Gasteiger partial charge >= 0.3 is 6.09 Å². The van der Waals surface area contributed by atoms with Gasteiger partial charge in [-0.05, 0) is 37.4 Å². The van der Waals surface area contributed by atoms with Crippen LogP contribution in [0.3, 0.4) is 0 Å². The van der Waals surface area contributed by atoms with Crippen molar-refractivity contribution in [2.75, 3.05) is 26.2 Å². The number of nitrogens with one attached hydrogen (secondary N) is 1. The van der Waals surface area contributed by atoms with Crippen LogP contribution in [0, 0.1) is 12.8 Å². The standard InChI is InChI=1S/C16H25N3O2/c1-12(2)14(15-13(3)6-4-7-18-15)17-8-5-9-19-10-11-21-16(19)20/h4,6-7,12,14,17H,5,8-11H2,1-3H3/t14-/m1/s1. The van der Waals surface area contributed by atoms with E-state index in [1.165, 1.54) is 5.56 Å². The molecule has 0 aliphatic carbocycles. The predicted octanol–water partition coefficient (Wildman–Crippen LogP) is 2.52. The van der Waals surface area contributed by atoms with Gasteiger partial charge in [0.25, 0.3) is 0 Å². The first-order valence-electron chi connectivity index (χ1n) is 7.66. The van der Waals surface area contributed by atoms with Gasteiger partial charge in [-0.1, -0.05) is 19.9 Å². The van der Waals surface area contributed by atoms with E-state index in [4.69, 9.17) is 4.74 Å². The molecule has 1 aromatic heterocycles. The molecule has 0 spiro atoms. The largest absolute Gasteiger partial charge is 0.448 e. The summed E-state index contributed by atoms with van der Waals surface area (Å²) in [7, 11) is 0. The van der Waals surface area contributed by atoms with Crippen molar-refractivity contribution in [2.24, 2.45) is 5.92 Å². The Bertz CT molecular complexity index is 476. The molecule has 0 unspecified atom stereocenters. The molecule has 1 amide bonds. The number of carbonyl (C=O) groups is 1. The maximum Gasteiger partial charge on any atom is 0.409 e. The number of carbonyl (C=O) groups excluding carboxylic acids is 1. The number of ether oxygens (including phenoxy) is 1. The Hall–Kier alpha value is -1.62. The first-order valence-corrected chi connectivity index (χ1v) is 7.66. The molecule has 1 aromatic rings. The van der Waals surface area contributed by atoms with Crippen LogP contribution in [0.25, 0.3) is 0 Å². The third-order valence-corrected chi connectivity index (χ3v) is 3.83. The summed E-state index contributed by atoms with van der Waals surface area (Å²) < 4.78 is 4.92. The van der Waals surface area contributed by atoms with E-state index >= 15 is 0 Å². The SMILES string of the molecule is Cc1cccnc1[C@H](NCCCN1CCOC1=O)C(C)C. The van der Waals surface area contributed by atoms with Crippen molar-refractivity contribution in [1.29, 1.82) is 0 Å². The third kappa shape index (κ3) is 4.17. The number of aryl methyl sites for hydroxylation is 1. The van der Waals surface area contributed by atoms with Crippen molar-refractivity contribution in [1.82, 2.24) is 15.2 Å². The topological polar surface area (TPSA) is 54.5 Å². The van der Waals surface area contributed by atoms with Crippen LogP contribution < -0.4 is 5.32 Å². The van der Waals surface area contributed by atoms with E-state index in [-0.39, 0.29) is 12.1 Å². The molecule has 0 aromatic carbocycles. The Morgan fingerprint density at radius 3 is 2.90 bits per heavy atom. The quantitative estimate of drug-likeness (QED) is 0.784. The normalized spacial score (nSPS) is 16.4. The molecule has 1 N–H and O–H groups in total. The molecule has 1 aliphatic heterocycles. The minimum atomic E-state index is -0.184. The van der Waals surface area contributed by atoms with E-state index in [0.717, 1.165) is 25.2 Å². The summed E-state index contributed by atoms with van der Waals surface area (Å²) >= 11 is 0. The number of cyclic esters (lactones) is 1. The van der Waals surface area contributed by atoms with E-state index in [1.54, 1.807) is 4.90 Å². The Kier molecular flexibility index (Phi) is 5.56. The Labute approximate surface area is 126 Å². The van der Waals surface area contributed by atoms with Crippen molar-refractivity contribution < 1.29 is 9.53 Å². The van der Waals surface area contributed by atoms with Gasteiger partial charge in [0.15, 0.2) is 0 Å². The molecule has 21 heavy (non-hydrogen) atoms. The van der Waals surface area contributed by atoms with E-state index in [2.05, 4.69) is 37.1 Å². The monoisotopic (exact) mass is 291 g/mol. The summed E-state index contributed by atoms with van der Waals surface area (Å²) in [5, 5.41) is 3.57. The van der Waals surface area contributed by atoms with Crippen molar-refractivity contribution >= 4 is 6.09 Å². The lowest BCUT2D eigenvalue weighted by molar-refractivity contribution is 0.158. The van der Waals surface area contributed by atoms with Crippen LogP contribution in [0.15, 0.2) is 18.3 Å². The van der Waals surface area contributed by atoms with Gasteiger partial charge in [-0.25, -0.2) is 4.79 Å². The molecule has 116 valence electrons. The Morgan fingerprint density at radius 2 is 2.29 bits per heavy atom. The fourth-order valence-corrected chi connectivity index (χ4v) is 2.63. The third-order valence-electron chi connectivity index (χ3n) is 3.83.